The van der Waals surface area contributed by atoms with Crippen molar-refractivity contribution in [2.75, 3.05) is 32.8 Å². The molecule has 0 amide bonds. The smallest absolute Gasteiger partial charge is 0.191 e. The molecule has 1 unspecified atom stereocenters. The van der Waals surface area contributed by atoms with Crippen LogP contribution in [0.25, 0.3) is 0 Å². The zero-order valence-electron chi connectivity index (χ0n) is 18.5. The van der Waals surface area contributed by atoms with E-state index in [0.29, 0.717) is 12.6 Å². The van der Waals surface area contributed by atoms with Gasteiger partial charge in [-0.3, -0.25) is 9.89 Å². The lowest BCUT2D eigenvalue weighted by atomic mass is 10.0. The van der Waals surface area contributed by atoms with Crippen LogP contribution in [0.2, 0.25) is 5.02 Å². The van der Waals surface area contributed by atoms with Crippen LogP contribution in [-0.2, 0) is 17.7 Å². The van der Waals surface area contributed by atoms with Gasteiger partial charge in [0.05, 0.1) is 18.9 Å². The Bertz CT molecular complexity index is 802. The van der Waals surface area contributed by atoms with Gasteiger partial charge in [0.1, 0.15) is 5.76 Å². The van der Waals surface area contributed by atoms with E-state index in [1.165, 1.54) is 5.56 Å². The fraction of sp³-hybridized carbons (Fsp3) is 0.542. The highest BCUT2D eigenvalue weighted by Crippen LogP contribution is 2.16. The summed E-state index contributed by atoms with van der Waals surface area (Å²) in [5.74, 6) is 1.87. The summed E-state index contributed by atoms with van der Waals surface area (Å²) in [4.78, 5) is 7.34. The van der Waals surface area contributed by atoms with E-state index >= 15 is 0 Å². The molecule has 0 bridgehead atoms. The summed E-state index contributed by atoms with van der Waals surface area (Å²) in [6.07, 6.45) is 7.27. The molecule has 0 radical (unpaired) electrons. The van der Waals surface area contributed by atoms with Gasteiger partial charge in [-0.25, -0.2) is 0 Å². The molecule has 2 aliphatic heterocycles. The van der Waals surface area contributed by atoms with Crippen molar-refractivity contribution in [3.8, 4) is 0 Å². The Hall–Kier alpha value is -1.29. The maximum atomic E-state index is 6.00. The molecule has 2 fully saturated rings. The molecule has 1 aromatic heterocycles. The number of nitrogens with one attached hydrogen (secondary N) is 2. The second-order valence-electron chi connectivity index (χ2n) is 8.40. The normalized spacial score (nSPS) is 20.2. The van der Waals surface area contributed by atoms with Crippen LogP contribution in [0.15, 0.2) is 52.1 Å². The molecule has 2 aliphatic rings. The van der Waals surface area contributed by atoms with Gasteiger partial charge in [-0.15, -0.1) is 24.0 Å². The van der Waals surface area contributed by atoms with Crippen LogP contribution in [-0.4, -0.2) is 55.8 Å². The van der Waals surface area contributed by atoms with Gasteiger partial charge in [-0.1, -0.05) is 23.7 Å². The van der Waals surface area contributed by atoms with Crippen molar-refractivity contribution in [2.24, 2.45) is 4.99 Å². The van der Waals surface area contributed by atoms with Gasteiger partial charge in [0, 0.05) is 50.3 Å². The number of rotatable bonds is 8. The summed E-state index contributed by atoms with van der Waals surface area (Å²) in [7, 11) is 0. The lowest BCUT2D eigenvalue weighted by Crippen LogP contribution is -2.49. The van der Waals surface area contributed by atoms with E-state index in [4.69, 9.17) is 25.7 Å². The van der Waals surface area contributed by atoms with Crippen molar-refractivity contribution in [1.29, 1.82) is 0 Å². The number of benzene rings is 1. The maximum absolute atomic E-state index is 6.00. The van der Waals surface area contributed by atoms with E-state index in [1.807, 2.05) is 24.3 Å². The van der Waals surface area contributed by atoms with Gasteiger partial charge in [0.15, 0.2) is 5.96 Å². The minimum absolute atomic E-state index is 0. The highest BCUT2D eigenvalue weighted by molar-refractivity contribution is 14.0. The summed E-state index contributed by atoms with van der Waals surface area (Å²) < 4.78 is 11.2. The second-order valence-corrected chi connectivity index (χ2v) is 8.84. The molecule has 176 valence electrons. The lowest BCUT2D eigenvalue weighted by Gasteiger charge is -2.33. The minimum Gasteiger partial charge on any atom is -0.469 e. The Kier molecular flexibility index (Phi) is 10.6. The van der Waals surface area contributed by atoms with Crippen LogP contribution in [0.5, 0.6) is 0 Å². The first-order chi connectivity index (χ1) is 15.2. The van der Waals surface area contributed by atoms with Crippen LogP contribution in [0.1, 0.15) is 37.0 Å². The molecule has 32 heavy (non-hydrogen) atoms. The Morgan fingerprint density at radius 1 is 1.12 bits per heavy atom. The molecule has 0 aliphatic carbocycles. The first-order valence-electron chi connectivity index (χ1n) is 11.4. The molecule has 0 spiro atoms. The molecule has 3 heterocycles. The molecular weight excluding hydrogens is 539 g/mol. The third kappa shape index (κ3) is 8.24. The highest BCUT2D eigenvalue weighted by Gasteiger charge is 2.21. The molecule has 1 aromatic carbocycles. The zero-order chi connectivity index (χ0) is 21.3. The van der Waals surface area contributed by atoms with Crippen molar-refractivity contribution < 1.29 is 9.15 Å². The fourth-order valence-electron chi connectivity index (χ4n) is 4.17. The quantitative estimate of drug-likeness (QED) is 0.278. The van der Waals surface area contributed by atoms with E-state index in [2.05, 4.69) is 27.7 Å². The number of likely N-dealkylation sites (tertiary alicyclic amines) is 1. The van der Waals surface area contributed by atoms with Gasteiger partial charge < -0.3 is 19.8 Å². The van der Waals surface area contributed by atoms with Gasteiger partial charge in [0.2, 0.25) is 0 Å². The SMILES string of the molecule is Clc1ccc(CN2CCC(NC(=NCC3CCCO3)NCCc3ccco3)CC2)cc1.I. The van der Waals surface area contributed by atoms with E-state index in [9.17, 15) is 0 Å². The minimum atomic E-state index is 0. The monoisotopic (exact) mass is 572 g/mol. The predicted molar refractivity (Wildman–Crippen MR) is 140 cm³/mol. The predicted octanol–water partition coefficient (Wildman–Crippen LogP) is 4.47. The highest BCUT2D eigenvalue weighted by atomic mass is 127. The van der Waals surface area contributed by atoms with Crippen LogP contribution in [0, 0.1) is 0 Å². The Morgan fingerprint density at radius 2 is 1.94 bits per heavy atom. The van der Waals surface area contributed by atoms with E-state index < -0.39 is 0 Å². The fourth-order valence-corrected chi connectivity index (χ4v) is 4.30. The molecular formula is C24H34ClIN4O2. The first-order valence-corrected chi connectivity index (χ1v) is 11.8. The average Bonchev–Trinajstić information content (AvgIpc) is 3.49. The Balaban J connectivity index is 0.00000289. The maximum Gasteiger partial charge on any atom is 0.191 e. The molecule has 6 nitrogen and oxygen atoms in total. The Labute approximate surface area is 213 Å². The summed E-state index contributed by atoms with van der Waals surface area (Å²) in [6.45, 7) is 5.50. The molecule has 2 saturated heterocycles. The summed E-state index contributed by atoms with van der Waals surface area (Å²) in [5.41, 5.74) is 1.31. The molecule has 2 N–H and O–H groups in total. The van der Waals surface area contributed by atoms with Crippen molar-refractivity contribution >= 4 is 41.5 Å². The summed E-state index contributed by atoms with van der Waals surface area (Å²) in [6, 6.07) is 12.5. The zero-order valence-corrected chi connectivity index (χ0v) is 21.6. The summed E-state index contributed by atoms with van der Waals surface area (Å²) in [5, 5.41) is 7.94. The van der Waals surface area contributed by atoms with Crippen LogP contribution in [0.3, 0.4) is 0 Å². The third-order valence-corrected chi connectivity index (χ3v) is 6.22. The van der Waals surface area contributed by atoms with Crippen LogP contribution >= 0.6 is 35.6 Å². The van der Waals surface area contributed by atoms with Crippen LogP contribution in [0.4, 0.5) is 0 Å². The average molecular weight is 573 g/mol. The standard InChI is InChI=1S/C24H33ClN4O2.HI/c25-20-7-5-19(6-8-20)18-29-13-10-21(11-14-29)28-24(27-17-23-4-2-16-31-23)26-12-9-22-3-1-15-30-22;/h1,3,5-8,15,21,23H,2,4,9-14,16-18H2,(H2,26,27,28);1H. The second kappa shape index (κ2) is 13.4. The van der Waals surface area contributed by atoms with E-state index in [1.54, 1.807) is 6.26 Å². The molecule has 4 rings (SSSR count). The number of guanidine groups is 1. The van der Waals surface area contributed by atoms with Crippen molar-refractivity contribution in [2.45, 2.75) is 50.8 Å². The van der Waals surface area contributed by atoms with Gasteiger partial charge in [0.25, 0.3) is 0 Å². The van der Waals surface area contributed by atoms with Gasteiger partial charge >= 0.3 is 0 Å². The number of hydrogen-bond donors (Lipinski definition) is 2. The molecule has 2 aromatic rings. The van der Waals surface area contributed by atoms with Crippen molar-refractivity contribution in [3.63, 3.8) is 0 Å². The Morgan fingerprint density at radius 3 is 2.62 bits per heavy atom. The number of hydrogen-bond acceptors (Lipinski definition) is 4. The largest absolute Gasteiger partial charge is 0.469 e. The topological polar surface area (TPSA) is 62.0 Å². The van der Waals surface area contributed by atoms with Crippen molar-refractivity contribution in [1.82, 2.24) is 15.5 Å². The van der Waals surface area contributed by atoms with Crippen LogP contribution < -0.4 is 10.6 Å². The first kappa shape index (κ1) is 25.3. The molecule has 1 atom stereocenters. The number of piperidine rings is 1. The lowest BCUT2D eigenvalue weighted by molar-refractivity contribution is 0.117. The van der Waals surface area contributed by atoms with Gasteiger partial charge in [-0.05, 0) is 55.5 Å². The number of halogens is 2. The number of furan rings is 1. The number of nitrogens with zero attached hydrogens (tertiary/aromatic N) is 2. The molecule has 0 saturated carbocycles. The molecule has 8 heteroatoms. The third-order valence-electron chi connectivity index (χ3n) is 5.97. The van der Waals surface area contributed by atoms with E-state index in [0.717, 1.165) is 81.6 Å². The number of aliphatic imine (C=N–C) groups is 1. The van der Waals surface area contributed by atoms with Crippen molar-refractivity contribution in [3.05, 3.63) is 59.0 Å². The van der Waals surface area contributed by atoms with Gasteiger partial charge in [-0.2, -0.15) is 0 Å². The summed E-state index contributed by atoms with van der Waals surface area (Å²) >= 11 is 6.00. The van der Waals surface area contributed by atoms with E-state index in [-0.39, 0.29) is 30.1 Å². The number of ether oxygens (including phenoxy) is 1.